The fourth-order valence-electron chi connectivity index (χ4n) is 1.17. The number of rotatable bonds is 3. The van der Waals surface area contributed by atoms with Crippen molar-refractivity contribution in [3.05, 3.63) is 28.2 Å². The highest BCUT2D eigenvalue weighted by Crippen LogP contribution is 2.22. The molecular formula is C11H11Cl2NO3. The lowest BCUT2D eigenvalue weighted by Gasteiger charge is -2.12. The van der Waals surface area contributed by atoms with Crippen molar-refractivity contribution in [1.82, 2.24) is 0 Å². The maximum atomic E-state index is 11.6. The van der Waals surface area contributed by atoms with Crippen LogP contribution >= 0.6 is 23.2 Å². The van der Waals surface area contributed by atoms with E-state index in [9.17, 15) is 9.59 Å². The van der Waals surface area contributed by atoms with E-state index in [1.165, 1.54) is 13.8 Å². The zero-order valence-electron chi connectivity index (χ0n) is 9.29. The Balaban J connectivity index is 2.70. The van der Waals surface area contributed by atoms with Gasteiger partial charge in [-0.1, -0.05) is 23.2 Å². The average Bonchev–Trinajstić information content (AvgIpc) is 2.14. The van der Waals surface area contributed by atoms with Crippen LogP contribution in [0.3, 0.4) is 0 Å². The van der Waals surface area contributed by atoms with E-state index in [2.05, 4.69) is 5.32 Å². The van der Waals surface area contributed by atoms with Gasteiger partial charge >= 0.3 is 5.97 Å². The normalized spacial score (nSPS) is 11.8. The smallest absolute Gasteiger partial charge is 0.303 e. The first kappa shape index (κ1) is 13.8. The Morgan fingerprint density at radius 1 is 1.24 bits per heavy atom. The van der Waals surface area contributed by atoms with Crippen molar-refractivity contribution in [2.75, 3.05) is 5.32 Å². The summed E-state index contributed by atoms with van der Waals surface area (Å²) < 4.78 is 4.73. The third-order valence-electron chi connectivity index (χ3n) is 1.84. The fourth-order valence-corrected chi connectivity index (χ4v) is 1.70. The Kier molecular flexibility index (Phi) is 4.78. The Morgan fingerprint density at radius 2 is 1.76 bits per heavy atom. The second-order valence-corrected chi connectivity index (χ2v) is 4.27. The lowest BCUT2D eigenvalue weighted by Crippen LogP contribution is -2.29. The van der Waals surface area contributed by atoms with Crippen molar-refractivity contribution in [2.24, 2.45) is 0 Å². The summed E-state index contributed by atoms with van der Waals surface area (Å²) >= 11 is 11.6. The van der Waals surface area contributed by atoms with Gasteiger partial charge in [0.15, 0.2) is 6.10 Å². The summed E-state index contributed by atoms with van der Waals surface area (Å²) in [5, 5.41) is 3.36. The van der Waals surface area contributed by atoms with E-state index < -0.39 is 18.0 Å². The minimum absolute atomic E-state index is 0.410. The summed E-state index contributed by atoms with van der Waals surface area (Å²) in [6.45, 7) is 2.71. The number of hydrogen-bond acceptors (Lipinski definition) is 3. The van der Waals surface area contributed by atoms with Gasteiger partial charge in [0.1, 0.15) is 0 Å². The third kappa shape index (κ3) is 4.63. The van der Waals surface area contributed by atoms with Crippen molar-refractivity contribution < 1.29 is 14.3 Å². The minimum Gasteiger partial charge on any atom is -0.453 e. The maximum Gasteiger partial charge on any atom is 0.303 e. The van der Waals surface area contributed by atoms with E-state index in [1.54, 1.807) is 18.2 Å². The summed E-state index contributed by atoms with van der Waals surface area (Å²) in [4.78, 5) is 22.3. The average molecular weight is 276 g/mol. The van der Waals surface area contributed by atoms with Crippen molar-refractivity contribution in [1.29, 1.82) is 0 Å². The first-order valence-electron chi connectivity index (χ1n) is 4.82. The van der Waals surface area contributed by atoms with Gasteiger partial charge in [0.05, 0.1) is 0 Å². The Bertz CT molecular complexity index is 428. The molecule has 1 aromatic rings. The predicted octanol–water partition coefficient (Wildman–Crippen LogP) is 2.88. The predicted molar refractivity (Wildman–Crippen MR) is 66.3 cm³/mol. The van der Waals surface area contributed by atoms with Crippen LogP contribution in [0.1, 0.15) is 13.8 Å². The molecule has 6 heteroatoms. The number of hydrogen-bond donors (Lipinski definition) is 1. The van der Waals surface area contributed by atoms with Crippen molar-refractivity contribution in [3.8, 4) is 0 Å². The van der Waals surface area contributed by atoms with Crippen LogP contribution in [-0.2, 0) is 14.3 Å². The largest absolute Gasteiger partial charge is 0.453 e. The second kappa shape index (κ2) is 5.89. The molecule has 0 saturated heterocycles. The highest BCUT2D eigenvalue weighted by molar-refractivity contribution is 6.35. The Labute approximate surface area is 109 Å². The van der Waals surface area contributed by atoms with Crippen LogP contribution < -0.4 is 5.32 Å². The number of amides is 1. The Morgan fingerprint density at radius 3 is 2.24 bits per heavy atom. The van der Waals surface area contributed by atoms with Crippen molar-refractivity contribution in [3.63, 3.8) is 0 Å². The molecule has 92 valence electrons. The SMILES string of the molecule is CC(=O)O[C@H](C)C(=O)Nc1cc(Cl)cc(Cl)c1. The number of carbonyl (C=O) groups is 2. The van der Waals surface area contributed by atoms with Crippen LogP contribution in [0.25, 0.3) is 0 Å². The molecule has 0 radical (unpaired) electrons. The molecule has 0 bridgehead atoms. The fraction of sp³-hybridized carbons (Fsp3) is 0.273. The van der Waals surface area contributed by atoms with Gasteiger partial charge in [0, 0.05) is 22.7 Å². The van der Waals surface area contributed by atoms with Gasteiger partial charge in [-0.05, 0) is 25.1 Å². The first-order valence-corrected chi connectivity index (χ1v) is 5.58. The molecule has 0 spiro atoms. The van der Waals surface area contributed by atoms with Crippen LogP contribution in [0.15, 0.2) is 18.2 Å². The molecule has 1 N–H and O–H groups in total. The maximum absolute atomic E-state index is 11.6. The van der Waals surface area contributed by atoms with E-state index >= 15 is 0 Å². The number of nitrogens with one attached hydrogen (secondary N) is 1. The molecule has 1 aromatic carbocycles. The van der Waals surface area contributed by atoms with E-state index in [-0.39, 0.29) is 0 Å². The summed E-state index contributed by atoms with van der Waals surface area (Å²) in [5.41, 5.74) is 0.450. The van der Waals surface area contributed by atoms with Gasteiger partial charge < -0.3 is 10.1 Å². The number of ether oxygens (including phenoxy) is 1. The van der Waals surface area contributed by atoms with Gasteiger partial charge in [-0.15, -0.1) is 0 Å². The lowest BCUT2D eigenvalue weighted by atomic mass is 10.3. The third-order valence-corrected chi connectivity index (χ3v) is 2.28. The topological polar surface area (TPSA) is 55.4 Å². The molecule has 4 nitrogen and oxygen atoms in total. The highest BCUT2D eigenvalue weighted by atomic mass is 35.5. The second-order valence-electron chi connectivity index (χ2n) is 3.40. The van der Waals surface area contributed by atoms with E-state index in [0.717, 1.165) is 0 Å². The molecule has 0 heterocycles. The van der Waals surface area contributed by atoms with Crippen LogP contribution in [0.4, 0.5) is 5.69 Å². The summed E-state index contributed by atoms with van der Waals surface area (Å²) in [6, 6.07) is 4.64. The number of esters is 1. The molecule has 1 rings (SSSR count). The summed E-state index contributed by atoms with van der Waals surface area (Å²) in [7, 11) is 0. The van der Waals surface area contributed by atoms with Crippen LogP contribution in [-0.4, -0.2) is 18.0 Å². The van der Waals surface area contributed by atoms with Crippen molar-refractivity contribution >= 4 is 40.8 Å². The number of halogens is 2. The zero-order valence-corrected chi connectivity index (χ0v) is 10.8. The van der Waals surface area contributed by atoms with E-state index in [0.29, 0.717) is 15.7 Å². The van der Waals surface area contributed by atoms with E-state index in [1.807, 2.05) is 0 Å². The molecule has 1 amide bonds. The van der Waals surface area contributed by atoms with Gasteiger partial charge in [0.25, 0.3) is 5.91 Å². The summed E-state index contributed by atoms with van der Waals surface area (Å²) in [5.74, 6) is -0.963. The van der Waals surface area contributed by atoms with Gasteiger partial charge in [0.2, 0.25) is 0 Å². The number of anilines is 1. The molecule has 0 aliphatic heterocycles. The molecule has 0 fully saturated rings. The molecule has 0 aliphatic carbocycles. The van der Waals surface area contributed by atoms with Crippen LogP contribution in [0.5, 0.6) is 0 Å². The molecule has 1 atom stereocenters. The van der Waals surface area contributed by atoms with Gasteiger partial charge in [-0.3, -0.25) is 9.59 Å². The van der Waals surface area contributed by atoms with Gasteiger partial charge in [-0.2, -0.15) is 0 Å². The van der Waals surface area contributed by atoms with Crippen molar-refractivity contribution in [2.45, 2.75) is 20.0 Å². The van der Waals surface area contributed by atoms with Gasteiger partial charge in [-0.25, -0.2) is 0 Å². The lowest BCUT2D eigenvalue weighted by molar-refractivity contribution is -0.150. The quantitative estimate of drug-likeness (QED) is 0.863. The first-order chi connectivity index (χ1) is 7.88. The minimum atomic E-state index is -0.870. The molecule has 0 aromatic heterocycles. The molecule has 0 aliphatic rings. The zero-order chi connectivity index (χ0) is 13.0. The van der Waals surface area contributed by atoms with Crippen LogP contribution in [0, 0.1) is 0 Å². The van der Waals surface area contributed by atoms with Crippen LogP contribution in [0.2, 0.25) is 10.0 Å². The molecule has 0 saturated carbocycles. The molecule has 0 unspecified atom stereocenters. The highest BCUT2D eigenvalue weighted by Gasteiger charge is 2.16. The summed E-state index contributed by atoms with van der Waals surface area (Å²) in [6.07, 6.45) is -0.870. The standard InChI is InChI=1S/C11H11Cl2NO3/c1-6(17-7(2)15)11(16)14-10-4-8(12)3-9(13)5-10/h3-6H,1-2H3,(H,14,16)/t6-/m1/s1. The molecular weight excluding hydrogens is 265 g/mol. The van der Waals surface area contributed by atoms with E-state index in [4.69, 9.17) is 27.9 Å². The number of benzene rings is 1. The molecule has 17 heavy (non-hydrogen) atoms. The monoisotopic (exact) mass is 275 g/mol. The number of carbonyl (C=O) groups excluding carboxylic acids is 2. The Hall–Kier alpha value is -1.26.